The van der Waals surface area contributed by atoms with Crippen molar-refractivity contribution in [3.05, 3.63) is 83.0 Å². The molecule has 0 saturated carbocycles. The second kappa shape index (κ2) is 14.6. The maximum absolute atomic E-state index is 10.6. The molecule has 0 aliphatic carbocycles. The van der Waals surface area contributed by atoms with Crippen LogP contribution < -0.4 is 10.1 Å². The first kappa shape index (κ1) is 30.7. The number of hydrogen-bond acceptors (Lipinski definition) is 6. The van der Waals surface area contributed by atoms with Crippen molar-refractivity contribution >= 4 is 39.2 Å². The second-order valence-corrected chi connectivity index (χ2v) is 11.6. The van der Waals surface area contributed by atoms with E-state index < -0.39 is 5.97 Å². The lowest BCUT2D eigenvalue weighted by Crippen LogP contribution is -2.42. The molecule has 2 heterocycles. The molecule has 0 atom stereocenters. The highest BCUT2D eigenvalue weighted by Gasteiger charge is 2.17. The van der Waals surface area contributed by atoms with Gasteiger partial charge in [0, 0.05) is 29.6 Å². The van der Waals surface area contributed by atoms with Gasteiger partial charge < -0.3 is 20.3 Å². The number of nitrogens with one attached hydrogen (secondary N) is 1. The molecule has 0 unspecified atom stereocenters. The minimum atomic E-state index is -0.995. The van der Waals surface area contributed by atoms with Crippen LogP contribution in [0.2, 0.25) is 5.15 Å². The Labute approximate surface area is 247 Å². The fourth-order valence-electron chi connectivity index (χ4n) is 5.19. The third-order valence-electron chi connectivity index (χ3n) is 7.19. The number of aliphatic hydroxyl groups is 1. The van der Waals surface area contributed by atoms with E-state index in [9.17, 15) is 4.79 Å². The zero-order chi connectivity index (χ0) is 29.2. The summed E-state index contributed by atoms with van der Waals surface area (Å²) in [5, 5.41) is 24.9. The normalized spacial score (nSPS) is 14.0. The number of nitrogens with zero attached hydrogens (tertiary/aromatic N) is 2. The molecular weight excluding hydrogens is 538 g/mol. The Morgan fingerprint density at radius 2 is 1.76 bits per heavy atom. The molecule has 8 heteroatoms. The van der Waals surface area contributed by atoms with Crippen LogP contribution in [0.4, 0.5) is 0 Å². The predicted octanol–water partition coefficient (Wildman–Crippen LogP) is 6.08. The fourth-order valence-corrected chi connectivity index (χ4v) is 5.40. The van der Waals surface area contributed by atoms with Gasteiger partial charge in [-0.1, -0.05) is 60.5 Å². The summed E-state index contributed by atoms with van der Waals surface area (Å²) in [4.78, 5) is 17.4. The van der Waals surface area contributed by atoms with E-state index in [0.717, 1.165) is 42.5 Å². The molecule has 0 spiro atoms. The molecule has 0 amide bonds. The quantitative estimate of drug-likeness (QED) is 0.197. The van der Waals surface area contributed by atoms with Crippen LogP contribution in [0.5, 0.6) is 5.75 Å². The summed E-state index contributed by atoms with van der Waals surface area (Å²) in [5.41, 5.74) is 3.10. The summed E-state index contributed by atoms with van der Waals surface area (Å²) in [6.07, 6.45) is 4.71. The zero-order valence-electron chi connectivity index (χ0n) is 23.9. The molecule has 1 saturated heterocycles. The number of fused-ring (bicyclic) bond motifs is 2. The van der Waals surface area contributed by atoms with Crippen molar-refractivity contribution in [2.45, 2.75) is 51.6 Å². The van der Waals surface area contributed by atoms with E-state index in [0.29, 0.717) is 17.4 Å². The Bertz CT molecular complexity index is 1450. The number of rotatable bonds is 10. The molecule has 1 aliphatic rings. The summed E-state index contributed by atoms with van der Waals surface area (Å²) in [7, 11) is 0. The van der Waals surface area contributed by atoms with Gasteiger partial charge in [-0.05, 0) is 86.8 Å². The highest BCUT2D eigenvalue weighted by molar-refractivity contribution is 6.30. The number of aliphatic hydroxyl groups excluding tert-OH is 1. The zero-order valence-corrected chi connectivity index (χ0v) is 24.7. The summed E-state index contributed by atoms with van der Waals surface area (Å²) in [6.45, 7) is 7.78. The van der Waals surface area contributed by atoms with Gasteiger partial charge in [-0.15, -0.1) is 0 Å². The third kappa shape index (κ3) is 9.40. The maximum Gasteiger partial charge on any atom is 0.341 e. The van der Waals surface area contributed by atoms with Crippen molar-refractivity contribution in [2.24, 2.45) is 0 Å². The van der Waals surface area contributed by atoms with Gasteiger partial charge in [0.25, 0.3) is 0 Å². The van der Waals surface area contributed by atoms with Crippen LogP contribution in [0, 0.1) is 0 Å². The number of hydrogen-bond donors (Lipinski definition) is 3. The van der Waals surface area contributed by atoms with Crippen molar-refractivity contribution in [3.63, 3.8) is 0 Å². The number of carboxylic acids is 1. The molecule has 41 heavy (non-hydrogen) atoms. The van der Waals surface area contributed by atoms with Crippen molar-refractivity contribution in [2.75, 3.05) is 32.8 Å². The van der Waals surface area contributed by atoms with E-state index in [1.54, 1.807) is 18.2 Å². The number of carboxylic acid groups (broad SMARTS) is 1. The number of pyridine rings is 1. The largest absolute Gasteiger partial charge is 0.482 e. The molecule has 3 N–H and O–H groups in total. The van der Waals surface area contributed by atoms with Crippen LogP contribution >= 0.6 is 11.6 Å². The number of piperidine rings is 1. The molecule has 0 radical (unpaired) electrons. The van der Waals surface area contributed by atoms with E-state index in [1.807, 2.05) is 6.07 Å². The minimum Gasteiger partial charge on any atom is -0.482 e. The van der Waals surface area contributed by atoms with Gasteiger partial charge in [0.15, 0.2) is 6.61 Å². The van der Waals surface area contributed by atoms with Crippen LogP contribution in [-0.4, -0.2) is 64.5 Å². The summed E-state index contributed by atoms with van der Waals surface area (Å²) in [6, 6.07) is 22.3. The molecule has 218 valence electrons. The van der Waals surface area contributed by atoms with Crippen LogP contribution in [0.1, 0.15) is 44.2 Å². The van der Waals surface area contributed by atoms with Crippen molar-refractivity contribution in [1.29, 1.82) is 0 Å². The van der Waals surface area contributed by atoms with Gasteiger partial charge >= 0.3 is 5.97 Å². The topological polar surface area (TPSA) is 94.9 Å². The van der Waals surface area contributed by atoms with E-state index >= 15 is 0 Å². The second-order valence-electron chi connectivity index (χ2n) is 11.2. The lowest BCUT2D eigenvalue weighted by Gasteiger charge is -2.26. The van der Waals surface area contributed by atoms with Gasteiger partial charge in [0.2, 0.25) is 0 Å². The molecule has 3 aromatic carbocycles. The van der Waals surface area contributed by atoms with Gasteiger partial charge in [-0.3, -0.25) is 4.90 Å². The number of carbonyl (C=O) groups is 1. The monoisotopic (exact) mass is 577 g/mol. The molecule has 4 aromatic rings. The van der Waals surface area contributed by atoms with Gasteiger partial charge in [-0.2, -0.15) is 0 Å². The van der Waals surface area contributed by atoms with Crippen LogP contribution in [0.3, 0.4) is 0 Å². The van der Waals surface area contributed by atoms with Crippen molar-refractivity contribution in [3.8, 4) is 5.75 Å². The smallest absolute Gasteiger partial charge is 0.341 e. The summed E-state index contributed by atoms with van der Waals surface area (Å²) >= 11 is 6.32. The fraction of sp³-hybridized carbons (Fsp3) is 0.394. The van der Waals surface area contributed by atoms with Crippen molar-refractivity contribution in [1.82, 2.24) is 15.2 Å². The Morgan fingerprint density at radius 1 is 1.00 bits per heavy atom. The van der Waals surface area contributed by atoms with E-state index in [4.69, 9.17) is 26.6 Å². The number of benzene rings is 3. The average molecular weight is 578 g/mol. The van der Waals surface area contributed by atoms with Crippen LogP contribution in [0.15, 0.2) is 66.7 Å². The first-order chi connectivity index (χ1) is 19.7. The average Bonchev–Trinajstić information content (AvgIpc) is 2.96. The lowest BCUT2D eigenvalue weighted by atomic mass is 9.93. The number of ether oxygens (including phenoxy) is 1. The molecule has 1 aliphatic heterocycles. The third-order valence-corrected chi connectivity index (χ3v) is 7.52. The standard InChI is InChI=1S/C17H19ClN2O3.C16H21NO/c18-17-13(10-20-6-2-1-3-7-20)8-12-9-14(23-11-16(21)22)4-5-15(12)19-17;1-16(2,17-9-10-18)12-13-7-8-14-5-3-4-6-15(14)11-13/h4-5,8-9H,1-3,6-7,10-11H2,(H,21,22);3-8,11,17-18H,9-10,12H2,1-2H3. The molecule has 1 fully saturated rings. The maximum atomic E-state index is 10.6. The number of β-amino-alcohol motifs (C(OH)–C–C–N with tert-alkyl or cyclic N) is 1. The Hall–Kier alpha value is -3.23. The highest BCUT2D eigenvalue weighted by atomic mass is 35.5. The molecule has 1 aromatic heterocycles. The van der Waals surface area contributed by atoms with Crippen molar-refractivity contribution < 1.29 is 19.7 Å². The first-order valence-corrected chi connectivity index (χ1v) is 14.6. The number of halogens is 1. The highest BCUT2D eigenvalue weighted by Crippen LogP contribution is 2.26. The molecular formula is C33H40ClN3O4. The van der Waals surface area contributed by atoms with Gasteiger partial charge in [0.05, 0.1) is 12.1 Å². The summed E-state index contributed by atoms with van der Waals surface area (Å²) < 4.78 is 5.22. The van der Waals surface area contributed by atoms with E-state index in [2.05, 4.69) is 71.5 Å². The SMILES string of the molecule is CC(C)(Cc1ccc2ccccc2c1)NCCO.O=C(O)COc1ccc2nc(Cl)c(CN3CCCCC3)cc2c1. The minimum absolute atomic E-state index is 0.00515. The number of aromatic nitrogens is 1. The Balaban J connectivity index is 0.000000195. The Kier molecular flexibility index (Phi) is 10.9. The first-order valence-electron chi connectivity index (χ1n) is 14.2. The summed E-state index contributed by atoms with van der Waals surface area (Å²) in [5.74, 6) is -0.474. The van der Waals surface area contributed by atoms with Gasteiger partial charge in [-0.25, -0.2) is 9.78 Å². The van der Waals surface area contributed by atoms with Gasteiger partial charge in [0.1, 0.15) is 10.9 Å². The molecule has 5 rings (SSSR count). The lowest BCUT2D eigenvalue weighted by molar-refractivity contribution is -0.139. The van der Waals surface area contributed by atoms with E-state index in [-0.39, 0.29) is 18.8 Å². The Morgan fingerprint density at radius 3 is 2.49 bits per heavy atom. The van der Waals surface area contributed by atoms with Crippen LogP contribution in [0.25, 0.3) is 21.7 Å². The number of aliphatic carboxylic acids is 1. The number of likely N-dealkylation sites (tertiary alicyclic amines) is 1. The van der Waals surface area contributed by atoms with E-state index in [1.165, 1.54) is 35.6 Å². The predicted molar refractivity (Wildman–Crippen MR) is 166 cm³/mol. The molecule has 0 bridgehead atoms. The molecule has 7 nitrogen and oxygen atoms in total. The van der Waals surface area contributed by atoms with Crippen LogP contribution in [-0.2, 0) is 17.8 Å².